The summed E-state index contributed by atoms with van der Waals surface area (Å²) in [6.45, 7) is 0. The second-order valence-electron chi connectivity index (χ2n) is 0. The van der Waals surface area contributed by atoms with Crippen molar-refractivity contribution in [3.63, 3.8) is 0 Å². The Morgan fingerprint density at radius 2 is 1.25 bits per heavy atom. The van der Waals surface area contributed by atoms with Crippen molar-refractivity contribution in [1.82, 2.24) is 0 Å². The molecule has 6 radical (unpaired) electrons. The first-order chi connectivity index (χ1) is 1.00. The molecule has 0 saturated heterocycles. The van der Waals surface area contributed by atoms with Gasteiger partial charge in [0, 0.05) is 42.9 Å². The first kappa shape index (κ1) is 16.7. The minimum atomic E-state index is 0. The van der Waals surface area contributed by atoms with Crippen LogP contribution in [0.3, 0.4) is 0 Å². The summed E-state index contributed by atoms with van der Waals surface area (Å²) in [6, 6.07) is 0. The first-order valence-corrected chi connectivity index (χ1v) is 1.37. The molecule has 4 heavy (non-hydrogen) atoms. The molecular weight excluding hydrogens is 304 g/mol. The van der Waals surface area contributed by atoms with Crippen LogP contribution in [0.15, 0.2) is 0 Å². The third kappa shape index (κ3) is 9.01. The van der Waals surface area contributed by atoms with E-state index in [0.29, 0.717) is 22.5 Å². The Morgan fingerprint density at radius 3 is 1.25 bits per heavy atom. The molecule has 0 aliphatic rings. The van der Waals surface area contributed by atoms with Crippen molar-refractivity contribution in [3.8, 4) is 0 Å². The molecule has 1 nitrogen and oxygen atoms in total. The van der Waals surface area contributed by atoms with E-state index in [0.717, 1.165) is 0 Å². The van der Waals surface area contributed by atoms with E-state index in [1.807, 2.05) is 0 Å². The van der Waals surface area contributed by atoms with Gasteiger partial charge in [-0.3, -0.25) is 0 Å². The third-order valence-electron chi connectivity index (χ3n) is 0. The summed E-state index contributed by atoms with van der Waals surface area (Å²) in [5.41, 5.74) is 0. The van der Waals surface area contributed by atoms with E-state index in [4.69, 9.17) is 3.08 Å². The number of hydrogen-bond donors (Lipinski definition) is 0. The van der Waals surface area contributed by atoms with Crippen LogP contribution in [0.1, 0.15) is 0 Å². The van der Waals surface area contributed by atoms with Crippen LogP contribution in [0.2, 0.25) is 0 Å². The van der Waals surface area contributed by atoms with E-state index in [-0.39, 0.29) is 42.9 Å². The molecule has 0 amide bonds. The van der Waals surface area contributed by atoms with Gasteiger partial charge in [-0.1, -0.05) is 0 Å². The molecule has 0 rings (SSSR count). The molecule has 4 heteroatoms. The molecule has 0 spiro atoms. The predicted molar refractivity (Wildman–Crippen MR) is 12.2 cm³/mol. The van der Waals surface area contributed by atoms with E-state index < -0.39 is 0 Å². The molecule has 0 aromatic rings. The van der Waals surface area contributed by atoms with Crippen molar-refractivity contribution in [2.45, 2.75) is 0 Å². The van der Waals surface area contributed by atoms with E-state index in [2.05, 4.69) is 0 Å². The molecule has 0 aliphatic carbocycles. The van der Waals surface area contributed by atoms with Gasteiger partial charge in [0.25, 0.3) is 0 Å². The van der Waals surface area contributed by atoms with E-state index in [1.54, 1.807) is 0 Å². The van der Waals surface area contributed by atoms with Gasteiger partial charge in [-0.2, -0.15) is 0 Å². The summed E-state index contributed by atoms with van der Waals surface area (Å²) in [6.07, 6.45) is 0. The Morgan fingerprint density at radius 1 is 1.25 bits per heavy atom. The molecule has 20 valence electrons. The fourth-order valence-corrected chi connectivity index (χ4v) is 0. The molecule has 0 bridgehead atoms. The van der Waals surface area contributed by atoms with Crippen molar-refractivity contribution < 1.29 is 20.1 Å². The molecule has 0 unspecified atom stereocenters. The van der Waals surface area contributed by atoms with Crippen LogP contribution in [0.5, 0.6) is 0 Å². The Kier molecular flexibility index (Phi) is 83.7. The fraction of sp³-hybridized carbons (Fsp3) is 0. The molecule has 0 saturated carbocycles. The average molecular weight is 304 g/mol. The SMILES string of the molecule is [In].[Mn].[O]=[Sn]. The van der Waals surface area contributed by atoms with Crippen LogP contribution in [0.25, 0.3) is 0 Å². The van der Waals surface area contributed by atoms with Crippen LogP contribution in [0.4, 0.5) is 0 Å². The Labute approximate surface area is 67.6 Å². The first-order valence-electron chi connectivity index (χ1n) is 0.204. The van der Waals surface area contributed by atoms with E-state index in [9.17, 15) is 0 Å². The summed E-state index contributed by atoms with van der Waals surface area (Å²) < 4.78 is 8.34. The minimum absolute atomic E-state index is 0. The normalized spacial score (nSPS) is 1.00. The molecule has 0 heterocycles. The Balaban J connectivity index is -0.00000000500. The fourth-order valence-electron chi connectivity index (χ4n) is 0. The maximum atomic E-state index is 8.34. The van der Waals surface area contributed by atoms with Crippen LogP contribution in [-0.4, -0.2) is 48.4 Å². The van der Waals surface area contributed by atoms with Gasteiger partial charge in [0.15, 0.2) is 0 Å². The summed E-state index contributed by atoms with van der Waals surface area (Å²) in [4.78, 5) is 0. The van der Waals surface area contributed by atoms with Crippen molar-refractivity contribution in [2.75, 3.05) is 0 Å². The molecule has 0 N–H and O–H groups in total. The van der Waals surface area contributed by atoms with Gasteiger partial charge >= 0.3 is 25.6 Å². The topological polar surface area (TPSA) is 17.1 Å². The average Bonchev–Trinajstić information content (AvgIpc) is 1.00. The second kappa shape index (κ2) is 20.1. The van der Waals surface area contributed by atoms with Gasteiger partial charge in [0.1, 0.15) is 0 Å². The molecule has 0 fully saturated rings. The summed E-state index contributed by atoms with van der Waals surface area (Å²) in [7, 11) is 0. The predicted octanol–water partition coefficient (Wildman–Crippen LogP) is -0.883. The molecular formula is InMnOSn. The Bertz CT molecular complexity index is 8.00. The van der Waals surface area contributed by atoms with Crippen molar-refractivity contribution in [3.05, 3.63) is 0 Å². The monoisotopic (exact) mass is 306 g/mol. The Hall–Kier alpha value is 1.99. The van der Waals surface area contributed by atoms with Gasteiger partial charge in [-0.05, 0) is 0 Å². The third-order valence-corrected chi connectivity index (χ3v) is 0. The molecule has 0 aliphatic heterocycles. The summed E-state index contributed by atoms with van der Waals surface area (Å²) in [5, 5.41) is 0. The molecule has 0 atom stereocenters. The zero-order valence-corrected chi connectivity index (χ0v) is 9.19. The molecule has 0 aromatic heterocycles. The van der Waals surface area contributed by atoms with E-state index >= 15 is 0 Å². The van der Waals surface area contributed by atoms with Crippen LogP contribution >= 0.6 is 0 Å². The van der Waals surface area contributed by atoms with Crippen LogP contribution in [-0.2, 0) is 20.1 Å². The van der Waals surface area contributed by atoms with Gasteiger partial charge in [0.2, 0.25) is 0 Å². The van der Waals surface area contributed by atoms with Gasteiger partial charge in [-0.15, -0.1) is 0 Å². The van der Waals surface area contributed by atoms with Gasteiger partial charge in [0.05, 0.1) is 0 Å². The zero-order valence-electron chi connectivity index (χ0n) is 1.86. The zero-order chi connectivity index (χ0) is 2.00. The summed E-state index contributed by atoms with van der Waals surface area (Å²) in [5.74, 6) is 0. The van der Waals surface area contributed by atoms with Crippen LogP contribution < -0.4 is 0 Å². The van der Waals surface area contributed by atoms with Crippen molar-refractivity contribution in [1.29, 1.82) is 0 Å². The second-order valence-corrected chi connectivity index (χ2v) is 0. The summed E-state index contributed by atoms with van der Waals surface area (Å²) >= 11 is 0.300. The van der Waals surface area contributed by atoms with E-state index in [1.165, 1.54) is 0 Å². The van der Waals surface area contributed by atoms with Crippen LogP contribution in [0, 0.1) is 0 Å². The van der Waals surface area contributed by atoms with Crippen molar-refractivity contribution >= 4 is 48.4 Å². The van der Waals surface area contributed by atoms with Gasteiger partial charge in [-0.25, -0.2) is 0 Å². The number of rotatable bonds is 0. The molecule has 0 aromatic carbocycles. The van der Waals surface area contributed by atoms with Crippen molar-refractivity contribution in [2.24, 2.45) is 0 Å². The quantitative estimate of drug-likeness (QED) is 0.531. The number of hydrogen-bond acceptors (Lipinski definition) is 1. The maximum absolute atomic E-state index is 8.34. The standard InChI is InChI=1S/In.Mn.O.Sn. The van der Waals surface area contributed by atoms with Gasteiger partial charge < -0.3 is 0 Å².